The van der Waals surface area contributed by atoms with Crippen molar-refractivity contribution < 1.29 is 19.1 Å². The summed E-state index contributed by atoms with van der Waals surface area (Å²) in [5.74, 6) is -0.694. The van der Waals surface area contributed by atoms with Crippen molar-refractivity contribution in [1.82, 2.24) is 9.88 Å². The van der Waals surface area contributed by atoms with Gasteiger partial charge in [0.25, 0.3) is 5.91 Å². The number of hydrogen-bond acceptors (Lipinski definition) is 5. The summed E-state index contributed by atoms with van der Waals surface area (Å²) in [6.45, 7) is -0.0625. The Morgan fingerprint density at radius 3 is 2.55 bits per heavy atom. The van der Waals surface area contributed by atoms with Crippen LogP contribution >= 0.6 is 34.5 Å². The Morgan fingerprint density at radius 2 is 1.88 bits per heavy atom. The van der Waals surface area contributed by atoms with Crippen LogP contribution in [0.3, 0.4) is 0 Å². The van der Waals surface area contributed by atoms with Gasteiger partial charge in [-0.05, 0) is 35.9 Å². The maximum Gasteiger partial charge on any atom is 0.326 e. The number of nitrogens with zero attached hydrogens (tertiary/aromatic N) is 2. The third-order valence-corrected chi connectivity index (χ3v) is 6.32. The zero-order valence-corrected chi connectivity index (χ0v) is 19.5. The molecule has 2 heterocycles. The Morgan fingerprint density at radius 1 is 1.09 bits per heavy atom. The normalized spacial score (nSPS) is 11.8. The number of rotatable bonds is 8. The van der Waals surface area contributed by atoms with E-state index < -0.39 is 17.9 Å². The predicted molar refractivity (Wildman–Crippen MR) is 128 cm³/mol. The first kappa shape index (κ1) is 23.0. The van der Waals surface area contributed by atoms with E-state index in [1.165, 1.54) is 28.4 Å². The molecule has 0 fully saturated rings. The number of carboxylic acid groups (broad SMARTS) is 1. The van der Waals surface area contributed by atoms with Crippen LogP contribution in [0.5, 0.6) is 0 Å². The molecular formula is C24H18Cl2N2O4S. The summed E-state index contributed by atoms with van der Waals surface area (Å²) >= 11 is 13.7. The van der Waals surface area contributed by atoms with Crippen LogP contribution in [-0.4, -0.2) is 32.9 Å². The summed E-state index contributed by atoms with van der Waals surface area (Å²) in [6.07, 6.45) is 1.79. The maximum absolute atomic E-state index is 13.5. The first-order valence-electron chi connectivity index (χ1n) is 9.93. The number of carboxylic acids is 1. The monoisotopic (exact) mass is 500 g/mol. The molecule has 2 aromatic carbocycles. The van der Waals surface area contributed by atoms with Crippen molar-refractivity contribution in [1.29, 1.82) is 0 Å². The van der Waals surface area contributed by atoms with Gasteiger partial charge in [0.2, 0.25) is 0 Å². The highest BCUT2D eigenvalue weighted by Crippen LogP contribution is 2.28. The number of aromatic nitrogens is 1. The molecule has 1 N–H and O–H groups in total. The van der Waals surface area contributed by atoms with Crippen LogP contribution in [0.1, 0.15) is 21.7 Å². The lowest BCUT2D eigenvalue weighted by Crippen LogP contribution is -2.46. The summed E-state index contributed by atoms with van der Waals surface area (Å²) in [4.78, 5) is 31.3. The fourth-order valence-electron chi connectivity index (χ4n) is 3.40. The lowest BCUT2D eigenvalue weighted by molar-refractivity contribution is -0.142. The number of furan rings is 1. The fraction of sp³-hybridized carbons (Fsp3) is 0.125. The molecule has 0 aliphatic rings. The average Bonchev–Trinajstić information content (AvgIpc) is 3.48. The number of hydrogen-bond donors (Lipinski definition) is 1. The molecule has 0 radical (unpaired) electrons. The molecule has 0 aliphatic heterocycles. The van der Waals surface area contributed by atoms with Gasteiger partial charge < -0.3 is 14.4 Å². The van der Waals surface area contributed by atoms with Crippen molar-refractivity contribution in [3.63, 3.8) is 0 Å². The van der Waals surface area contributed by atoms with Crippen LogP contribution < -0.4 is 0 Å². The van der Waals surface area contributed by atoms with E-state index in [9.17, 15) is 14.7 Å². The Balaban J connectivity index is 1.70. The summed E-state index contributed by atoms with van der Waals surface area (Å²) in [6, 6.07) is 15.9. The molecule has 33 heavy (non-hydrogen) atoms. The van der Waals surface area contributed by atoms with Crippen molar-refractivity contribution in [3.05, 3.63) is 99.2 Å². The van der Waals surface area contributed by atoms with Crippen molar-refractivity contribution >= 4 is 46.4 Å². The third-order valence-electron chi connectivity index (χ3n) is 4.99. The number of halogens is 2. The number of carbonyl (C=O) groups is 2. The number of carbonyl (C=O) groups excluding carboxylic acids is 1. The predicted octanol–water partition coefficient (Wildman–Crippen LogP) is 6.05. The quantitative estimate of drug-likeness (QED) is 0.318. The molecule has 0 saturated heterocycles. The molecule has 2 aromatic heterocycles. The Labute approximate surface area is 204 Å². The second-order valence-electron chi connectivity index (χ2n) is 7.20. The van der Waals surface area contributed by atoms with Crippen LogP contribution in [-0.2, 0) is 17.8 Å². The van der Waals surface area contributed by atoms with Gasteiger partial charge in [-0.15, -0.1) is 11.3 Å². The standard InChI is InChI=1S/C24H18Cl2N2O4S/c25-16-6-8-18(19(26)13-16)23(29)28(20(24(30)31)12-15-4-2-1-3-5-15)14-17-7-9-21(32-17)22-27-10-11-33-22/h1-11,13,20H,12,14H2,(H,30,31)/t20-/m0/s1. The van der Waals surface area contributed by atoms with Crippen LogP contribution in [0.2, 0.25) is 10.0 Å². The zero-order chi connectivity index (χ0) is 23.4. The van der Waals surface area contributed by atoms with Crippen LogP contribution in [0.25, 0.3) is 10.8 Å². The molecule has 1 atom stereocenters. The topological polar surface area (TPSA) is 83.6 Å². The van der Waals surface area contributed by atoms with E-state index in [1.54, 1.807) is 24.4 Å². The van der Waals surface area contributed by atoms with Crippen LogP contribution in [0, 0.1) is 0 Å². The van der Waals surface area contributed by atoms with Crippen molar-refractivity contribution in [2.45, 2.75) is 19.0 Å². The smallest absolute Gasteiger partial charge is 0.326 e. The first-order valence-corrected chi connectivity index (χ1v) is 11.6. The molecule has 0 saturated carbocycles. The maximum atomic E-state index is 13.5. The molecule has 6 nitrogen and oxygen atoms in total. The van der Waals surface area contributed by atoms with E-state index in [1.807, 2.05) is 35.7 Å². The van der Waals surface area contributed by atoms with Gasteiger partial charge in [-0.3, -0.25) is 4.79 Å². The second-order valence-corrected chi connectivity index (χ2v) is 8.94. The van der Waals surface area contributed by atoms with E-state index in [0.29, 0.717) is 21.6 Å². The molecule has 0 bridgehead atoms. The minimum Gasteiger partial charge on any atom is -0.480 e. The summed E-state index contributed by atoms with van der Waals surface area (Å²) in [5, 5.41) is 13.1. The Hall–Kier alpha value is -3.13. The molecule has 0 unspecified atom stereocenters. The lowest BCUT2D eigenvalue weighted by Gasteiger charge is -2.29. The van der Waals surface area contributed by atoms with Crippen molar-refractivity contribution in [2.75, 3.05) is 0 Å². The van der Waals surface area contributed by atoms with E-state index >= 15 is 0 Å². The largest absolute Gasteiger partial charge is 0.480 e. The first-order chi connectivity index (χ1) is 15.9. The van der Waals surface area contributed by atoms with Crippen LogP contribution in [0.4, 0.5) is 0 Å². The number of amides is 1. The second kappa shape index (κ2) is 10.2. The van der Waals surface area contributed by atoms with Gasteiger partial charge in [0.15, 0.2) is 10.8 Å². The Kier molecular flexibility index (Phi) is 7.13. The number of aliphatic carboxylic acids is 1. The van der Waals surface area contributed by atoms with E-state index in [-0.39, 0.29) is 23.6 Å². The molecule has 0 spiro atoms. The lowest BCUT2D eigenvalue weighted by atomic mass is 10.0. The molecule has 4 aromatic rings. The average molecular weight is 501 g/mol. The molecular weight excluding hydrogens is 483 g/mol. The molecule has 0 aliphatic carbocycles. The highest BCUT2D eigenvalue weighted by molar-refractivity contribution is 7.13. The van der Waals surface area contributed by atoms with Crippen LogP contribution in [0.15, 0.2) is 76.7 Å². The minimum absolute atomic E-state index is 0.0625. The van der Waals surface area contributed by atoms with E-state index in [4.69, 9.17) is 27.6 Å². The minimum atomic E-state index is -1.15. The highest BCUT2D eigenvalue weighted by atomic mass is 35.5. The Bertz CT molecular complexity index is 1260. The highest BCUT2D eigenvalue weighted by Gasteiger charge is 2.32. The summed E-state index contributed by atoms with van der Waals surface area (Å²) in [5.41, 5.74) is 0.944. The molecule has 1 amide bonds. The van der Waals surface area contributed by atoms with E-state index in [0.717, 1.165) is 5.56 Å². The van der Waals surface area contributed by atoms with Gasteiger partial charge in [0.1, 0.15) is 11.8 Å². The number of benzene rings is 2. The molecule has 168 valence electrons. The number of thiazole rings is 1. The van der Waals surface area contributed by atoms with Gasteiger partial charge >= 0.3 is 5.97 Å². The summed E-state index contributed by atoms with van der Waals surface area (Å²) in [7, 11) is 0. The zero-order valence-electron chi connectivity index (χ0n) is 17.2. The van der Waals surface area contributed by atoms with Gasteiger partial charge in [-0.2, -0.15) is 0 Å². The van der Waals surface area contributed by atoms with Crippen molar-refractivity contribution in [2.24, 2.45) is 0 Å². The fourth-order valence-corrected chi connectivity index (χ4v) is 4.49. The van der Waals surface area contributed by atoms with Gasteiger partial charge in [0.05, 0.1) is 17.1 Å². The van der Waals surface area contributed by atoms with E-state index in [2.05, 4.69) is 4.98 Å². The summed E-state index contributed by atoms with van der Waals surface area (Å²) < 4.78 is 5.88. The molecule has 4 rings (SSSR count). The third kappa shape index (κ3) is 5.45. The SMILES string of the molecule is O=C(O)[C@H](Cc1ccccc1)N(Cc1ccc(-c2nccs2)o1)C(=O)c1ccc(Cl)cc1Cl. The van der Waals surface area contributed by atoms with Gasteiger partial charge in [0, 0.05) is 23.0 Å². The van der Waals surface area contributed by atoms with Gasteiger partial charge in [-0.25, -0.2) is 9.78 Å². The van der Waals surface area contributed by atoms with Crippen molar-refractivity contribution in [3.8, 4) is 10.8 Å². The van der Waals surface area contributed by atoms with Gasteiger partial charge in [-0.1, -0.05) is 53.5 Å². The molecule has 9 heteroatoms.